The van der Waals surface area contributed by atoms with Crippen LogP contribution in [0.1, 0.15) is 74.5 Å². The number of piperidine rings is 1. The summed E-state index contributed by atoms with van der Waals surface area (Å²) in [6.45, 7) is 4.02. The number of fused-ring (bicyclic) bond motifs is 1. The van der Waals surface area contributed by atoms with Crippen molar-refractivity contribution in [2.45, 2.75) is 70.4 Å². The molecule has 2 aliphatic heterocycles. The molecule has 132 valence electrons. The largest absolute Gasteiger partial charge is 0.309 e. The predicted molar refractivity (Wildman–Crippen MR) is 95.0 cm³/mol. The molecule has 0 spiro atoms. The van der Waals surface area contributed by atoms with E-state index >= 15 is 0 Å². The Kier molecular flexibility index (Phi) is 4.99. The first-order valence-electron chi connectivity index (χ1n) is 9.87. The van der Waals surface area contributed by atoms with Gasteiger partial charge in [-0.1, -0.05) is 25.7 Å². The molecule has 5 nitrogen and oxygen atoms in total. The standard InChI is InChI=1S/C19H30N4O/c24-19-15-13-23(12-14-6-2-1-3-7-14)11-9-16(15)21-18(22-19)17-8-4-5-10-20-17/h14,17,20H,1-13H2,(H,21,22,24). The highest BCUT2D eigenvalue weighted by molar-refractivity contribution is 5.21. The van der Waals surface area contributed by atoms with E-state index in [0.29, 0.717) is 0 Å². The SMILES string of the molecule is O=c1[nH]c(C2CCCCN2)nc2c1CN(CC1CCCCC1)CC2. The van der Waals surface area contributed by atoms with Gasteiger partial charge in [-0.2, -0.15) is 0 Å². The minimum atomic E-state index is 0.0933. The van der Waals surface area contributed by atoms with E-state index in [-0.39, 0.29) is 11.6 Å². The van der Waals surface area contributed by atoms with Gasteiger partial charge in [0.05, 0.1) is 17.3 Å². The van der Waals surface area contributed by atoms with Crippen LogP contribution in [0.4, 0.5) is 0 Å². The van der Waals surface area contributed by atoms with Crippen LogP contribution in [0.3, 0.4) is 0 Å². The third kappa shape index (κ3) is 3.57. The monoisotopic (exact) mass is 330 g/mol. The van der Waals surface area contributed by atoms with E-state index in [1.54, 1.807) is 0 Å². The third-order valence-corrected chi connectivity index (χ3v) is 6.05. The van der Waals surface area contributed by atoms with Crippen LogP contribution in [0.15, 0.2) is 4.79 Å². The van der Waals surface area contributed by atoms with Gasteiger partial charge in [-0.25, -0.2) is 4.98 Å². The van der Waals surface area contributed by atoms with Crippen molar-refractivity contribution in [3.05, 3.63) is 27.4 Å². The fourth-order valence-corrected chi connectivity index (χ4v) is 4.64. The Balaban J connectivity index is 1.46. The van der Waals surface area contributed by atoms with E-state index in [4.69, 9.17) is 4.98 Å². The molecule has 2 N–H and O–H groups in total. The van der Waals surface area contributed by atoms with Gasteiger partial charge >= 0.3 is 0 Å². The predicted octanol–water partition coefficient (Wildman–Crippen LogP) is 2.52. The number of aromatic nitrogens is 2. The minimum absolute atomic E-state index is 0.0933. The van der Waals surface area contributed by atoms with Crippen molar-refractivity contribution in [3.8, 4) is 0 Å². The maximum atomic E-state index is 12.6. The Labute approximate surface area is 144 Å². The fourth-order valence-electron chi connectivity index (χ4n) is 4.64. The molecule has 0 radical (unpaired) electrons. The summed E-state index contributed by atoms with van der Waals surface area (Å²) in [7, 11) is 0. The van der Waals surface area contributed by atoms with Crippen LogP contribution in [-0.4, -0.2) is 34.5 Å². The van der Waals surface area contributed by atoms with E-state index in [0.717, 1.165) is 62.0 Å². The number of aromatic amines is 1. The zero-order chi connectivity index (χ0) is 16.4. The Hall–Kier alpha value is -1.20. The van der Waals surface area contributed by atoms with Gasteiger partial charge in [-0.15, -0.1) is 0 Å². The quantitative estimate of drug-likeness (QED) is 0.894. The zero-order valence-electron chi connectivity index (χ0n) is 14.6. The normalized spacial score (nSPS) is 26.2. The average Bonchev–Trinajstić information content (AvgIpc) is 2.64. The molecule has 1 unspecified atom stereocenters. The second kappa shape index (κ2) is 7.36. The summed E-state index contributed by atoms with van der Waals surface area (Å²) in [4.78, 5) is 23.0. The van der Waals surface area contributed by atoms with E-state index < -0.39 is 0 Å². The topological polar surface area (TPSA) is 61.0 Å². The summed E-state index contributed by atoms with van der Waals surface area (Å²) in [6.07, 6.45) is 11.3. The van der Waals surface area contributed by atoms with Crippen LogP contribution in [0, 0.1) is 5.92 Å². The summed E-state index contributed by atoms with van der Waals surface area (Å²) >= 11 is 0. The second-order valence-electron chi connectivity index (χ2n) is 7.87. The maximum Gasteiger partial charge on any atom is 0.255 e. The molecule has 1 atom stereocenters. The second-order valence-corrected chi connectivity index (χ2v) is 7.87. The zero-order valence-corrected chi connectivity index (χ0v) is 14.6. The van der Waals surface area contributed by atoms with E-state index in [1.165, 1.54) is 44.9 Å². The molecular weight excluding hydrogens is 300 g/mol. The van der Waals surface area contributed by atoms with Crippen molar-refractivity contribution in [2.24, 2.45) is 5.92 Å². The number of rotatable bonds is 3. The van der Waals surface area contributed by atoms with Gasteiger partial charge in [-0.05, 0) is 38.1 Å². The molecular formula is C19H30N4O. The Morgan fingerprint density at radius 3 is 2.71 bits per heavy atom. The molecule has 2 fully saturated rings. The van der Waals surface area contributed by atoms with Crippen LogP contribution in [-0.2, 0) is 13.0 Å². The van der Waals surface area contributed by atoms with Crippen LogP contribution < -0.4 is 10.9 Å². The average molecular weight is 330 g/mol. The van der Waals surface area contributed by atoms with Crippen molar-refractivity contribution < 1.29 is 0 Å². The summed E-state index contributed by atoms with van der Waals surface area (Å²) in [5.41, 5.74) is 2.05. The number of H-pyrrole nitrogens is 1. The summed E-state index contributed by atoms with van der Waals surface area (Å²) < 4.78 is 0. The molecule has 0 amide bonds. The lowest BCUT2D eigenvalue weighted by atomic mass is 9.88. The van der Waals surface area contributed by atoms with E-state index in [2.05, 4.69) is 15.2 Å². The molecule has 0 aromatic carbocycles. The first kappa shape index (κ1) is 16.3. The summed E-state index contributed by atoms with van der Waals surface area (Å²) in [5.74, 6) is 1.69. The number of hydrogen-bond acceptors (Lipinski definition) is 4. The molecule has 24 heavy (non-hydrogen) atoms. The van der Waals surface area contributed by atoms with Crippen molar-refractivity contribution in [1.82, 2.24) is 20.2 Å². The Bertz CT molecular complexity index is 614. The molecule has 5 heteroatoms. The highest BCUT2D eigenvalue weighted by atomic mass is 16.1. The molecule has 1 aromatic heterocycles. The van der Waals surface area contributed by atoms with Gasteiger partial charge in [0.25, 0.3) is 5.56 Å². The Morgan fingerprint density at radius 2 is 1.92 bits per heavy atom. The lowest BCUT2D eigenvalue weighted by molar-refractivity contribution is 0.184. The first-order valence-corrected chi connectivity index (χ1v) is 9.87. The van der Waals surface area contributed by atoms with Crippen molar-refractivity contribution in [1.29, 1.82) is 0 Å². The summed E-state index contributed by atoms with van der Waals surface area (Å²) in [5, 5.41) is 3.49. The van der Waals surface area contributed by atoms with Gasteiger partial charge in [0.1, 0.15) is 5.82 Å². The van der Waals surface area contributed by atoms with Crippen molar-refractivity contribution in [2.75, 3.05) is 19.6 Å². The lowest BCUT2D eigenvalue weighted by Crippen LogP contribution is -2.40. The van der Waals surface area contributed by atoms with Crippen LogP contribution in [0.2, 0.25) is 0 Å². The molecule has 3 aliphatic rings. The van der Waals surface area contributed by atoms with E-state index in [1.807, 2.05) is 0 Å². The molecule has 3 heterocycles. The van der Waals surface area contributed by atoms with Crippen LogP contribution >= 0.6 is 0 Å². The molecule has 4 rings (SSSR count). The highest BCUT2D eigenvalue weighted by Crippen LogP contribution is 2.26. The van der Waals surface area contributed by atoms with Crippen molar-refractivity contribution >= 4 is 0 Å². The molecule has 1 saturated heterocycles. The number of nitrogens with zero attached hydrogens (tertiary/aromatic N) is 2. The summed E-state index contributed by atoms with van der Waals surface area (Å²) in [6, 6.07) is 0.233. The van der Waals surface area contributed by atoms with Crippen molar-refractivity contribution in [3.63, 3.8) is 0 Å². The Morgan fingerprint density at radius 1 is 1.08 bits per heavy atom. The minimum Gasteiger partial charge on any atom is -0.309 e. The molecule has 1 aliphatic carbocycles. The molecule has 1 saturated carbocycles. The number of nitrogens with one attached hydrogen (secondary N) is 2. The lowest BCUT2D eigenvalue weighted by Gasteiger charge is -2.33. The van der Waals surface area contributed by atoms with Gasteiger partial charge in [-0.3, -0.25) is 9.69 Å². The number of hydrogen-bond donors (Lipinski definition) is 2. The van der Waals surface area contributed by atoms with Gasteiger partial charge < -0.3 is 10.3 Å². The smallest absolute Gasteiger partial charge is 0.255 e. The third-order valence-electron chi connectivity index (χ3n) is 6.05. The van der Waals surface area contributed by atoms with E-state index in [9.17, 15) is 4.79 Å². The molecule has 1 aromatic rings. The van der Waals surface area contributed by atoms with Crippen LogP contribution in [0.5, 0.6) is 0 Å². The van der Waals surface area contributed by atoms with Crippen LogP contribution in [0.25, 0.3) is 0 Å². The van der Waals surface area contributed by atoms with Gasteiger partial charge in [0, 0.05) is 26.1 Å². The first-order chi connectivity index (χ1) is 11.8. The molecule has 0 bridgehead atoms. The maximum absolute atomic E-state index is 12.6. The fraction of sp³-hybridized carbons (Fsp3) is 0.789. The highest BCUT2D eigenvalue weighted by Gasteiger charge is 2.26. The van der Waals surface area contributed by atoms with Gasteiger partial charge in [0.15, 0.2) is 0 Å². The van der Waals surface area contributed by atoms with Gasteiger partial charge in [0.2, 0.25) is 0 Å².